The lowest BCUT2D eigenvalue weighted by atomic mass is 10.0. The topological polar surface area (TPSA) is 81.2 Å². The van der Waals surface area contributed by atoms with Crippen LogP contribution in [0, 0.1) is 0 Å². The van der Waals surface area contributed by atoms with Crippen molar-refractivity contribution in [3.8, 4) is 33.1 Å². The Kier molecular flexibility index (Phi) is 7.25. The smallest absolute Gasteiger partial charge is 0.165 e. The maximum atomic E-state index is 13.4. The van der Waals surface area contributed by atoms with Gasteiger partial charge in [0.15, 0.2) is 11.4 Å². The van der Waals surface area contributed by atoms with Crippen LogP contribution in [-0.2, 0) is 7.05 Å². The van der Waals surface area contributed by atoms with E-state index in [0.717, 1.165) is 41.2 Å². The number of thiophene rings is 1. The first-order valence-electron chi connectivity index (χ1n) is 12.6. The van der Waals surface area contributed by atoms with Crippen molar-refractivity contribution < 1.29 is 4.79 Å². The van der Waals surface area contributed by atoms with Gasteiger partial charge in [-0.2, -0.15) is 10.2 Å². The van der Waals surface area contributed by atoms with E-state index in [0.29, 0.717) is 35.1 Å². The van der Waals surface area contributed by atoms with Gasteiger partial charge in [0.25, 0.3) is 0 Å². The van der Waals surface area contributed by atoms with Crippen LogP contribution in [0.3, 0.4) is 0 Å². The minimum Gasteiger partial charge on any atom is -0.301 e. The third-order valence-electron chi connectivity index (χ3n) is 6.79. The zero-order chi connectivity index (χ0) is 25.9. The van der Waals surface area contributed by atoms with Gasteiger partial charge >= 0.3 is 0 Å². The monoisotopic (exact) mass is 513 g/mol. The number of hydrogen-bond donors (Lipinski definition) is 0. The van der Waals surface area contributed by atoms with E-state index < -0.39 is 0 Å². The van der Waals surface area contributed by atoms with Gasteiger partial charge in [0.2, 0.25) is 0 Å². The lowest BCUT2D eigenvalue weighted by Gasteiger charge is -2.26. The van der Waals surface area contributed by atoms with Gasteiger partial charge in [-0.1, -0.05) is 19.9 Å². The zero-order valence-corrected chi connectivity index (χ0v) is 22.4. The molecule has 0 saturated heterocycles. The van der Waals surface area contributed by atoms with Crippen molar-refractivity contribution in [2.45, 2.75) is 39.7 Å². The largest absolute Gasteiger partial charge is 0.301 e. The molecule has 5 heterocycles. The first kappa shape index (κ1) is 25.0. The van der Waals surface area contributed by atoms with Crippen molar-refractivity contribution in [2.24, 2.45) is 7.05 Å². The van der Waals surface area contributed by atoms with E-state index >= 15 is 0 Å². The number of Topliss-reactive ketones (excluding diaryl/α,β-unsaturated/α-hetero) is 1. The summed E-state index contributed by atoms with van der Waals surface area (Å²) in [5.41, 5.74) is 5.26. The van der Waals surface area contributed by atoms with Crippen LogP contribution in [0.2, 0.25) is 0 Å². The summed E-state index contributed by atoms with van der Waals surface area (Å²) in [6, 6.07) is 10.1. The first-order valence-corrected chi connectivity index (χ1v) is 13.5. The van der Waals surface area contributed by atoms with Crippen LogP contribution in [0.25, 0.3) is 38.7 Å². The van der Waals surface area contributed by atoms with Gasteiger partial charge in [0.05, 0.1) is 39.9 Å². The minimum atomic E-state index is 0.108. The Morgan fingerprint density at radius 3 is 2.57 bits per heavy atom. The van der Waals surface area contributed by atoms with E-state index in [9.17, 15) is 4.79 Å². The molecule has 0 spiro atoms. The summed E-state index contributed by atoms with van der Waals surface area (Å²) in [6.07, 6.45) is 8.64. The Hall–Kier alpha value is -3.69. The van der Waals surface area contributed by atoms with Gasteiger partial charge in [-0.05, 0) is 56.1 Å². The number of rotatable bonds is 10. The number of carbonyl (C=O) groups excluding carboxylic acids is 1. The number of pyridine rings is 1. The molecule has 5 aromatic heterocycles. The summed E-state index contributed by atoms with van der Waals surface area (Å²) in [7, 11) is 1.87. The Labute approximate surface area is 220 Å². The van der Waals surface area contributed by atoms with Crippen molar-refractivity contribution in [3.63, 3.8) is 0 Å². The van der Waals surface area contributed by atoms with Gasteiger partial charge in [-0.25, -0.2) is 14.5 Å². The molecular formula is C28H31N7OS. The molecular weight excluding hydrogens is 482 g/mol. The van der Waals surface area contributed by atoms with Gasteiger partial charge in [-0.15, -0.1) is 11.3 Å². The summed E-state index contributed by atoms with van der Waals surface area (Å²) in [6.45, 7) is 8.46. The van der Waals surface area contributed by atoms with Crippen LogP contribution in [0.4, 0.5) is 0 Å². The second kappa shape index (κ2) is 10.7. The van der Waals surface area contributed by atoms with E-state index in [1.807, 2.05) is 49.1 Å². The molecule has 0 aliphatic rings. The van der Waals surface area contributed by atoms with Crippen LogP contribution in [0.5, 0.6) is 0 Å². The standard InChI is InChI=1S/C28H31N7OS/c1-5-34(6-2)19(3)9-10-26(36)20-14-24(21-16-29-33(4)18-21)31-25(15-20)22-17-30-35-12-11-23(32-28(22)35)27-8-7-13-37-27/h7-8,11-19H,5-6,9-10H2,1-4H3/t19-/m0/s1. The number of aryl methyl sites for hydroxylation is 1. The highest BCUT2D eigenvalue weighted by molar-refractivity contribution is 7.13. The van der Waals surface area contributed by atoms with Gasteiger partial charge < -0.3 is 4.90 Å². The van der Waals surface area contributed by atoms with Gasteiger partial charge in [0.1, 0.15) is 0 Å². The molecule has 8 nitrogen and oxygen atoms in total. The molecule has 0 aliphatic heterocycles. The maximum Gasteiger partial charge on any atom is 0.165 e. The fourth-order valence-corrected chi connectivity index (χ4v) is 5.35. The normalized spacial score (nSPS) is 12.5. The highest BCUT2D eigenvalue weighted by Crippen LogP contribution is 2.30. The molecule has 0 bridgehead atoms. The predicted molar refractivity (Wildman–Crippen MR) is 148 cm³/mol. The SMILES string of the molecule is CCN(CC)[C@@H](C)CCC(=O)c1cc(-c2cnn(C)c2)nc(-c2cnn3ccc(-c4cccs4)nc23)c1. The van der Waals surface area contributed by atoms with E-state index in [1.165, 1.54) is 0 Å². The number of carbonyl (C=O) groups is 1. The molecule has 5 rings (SSSR count). The molecule has 1 atom stereocenters. The quantitative estimate of drug-likeness (QED) is 0.226. The van der Waals surface area contributed by atoms with E-state index in [2.05, 4.69) is 41.9 Å². The third kappa shape index (κ3) is 5.23. The van der Waals surface area contributed by atoms with E-state index in [4.69, 9.17) is 9.97 Å². The molecule has 0 radical (unpaired) electrons. The second-order valence-electron chi connectivity index (χ2n) is 9.18. The summed E-state index contributed by atoms with van der Waals surface area (Å²) in [5, 5.41) is 10.9. The summed E-state index contributed by atoms with van der Waals surface area (Å²) >= 11 is 1.64. The zero-order valence-electron chi connectivity index (χ0n) is 21.6. The second-order valence-corrected chi connectivity index (χ2v) is 10.1. The predicted octanol–water partition coefficient (Wildman–Crippen LogP) is 5.61. The highest BCUT2D eigenvalue weighted by Gasteiger charge is 2.19. The maximum absolute atomic E-state index is 13.4. The Bertz CT molecular complexity index is 1510. The number of ketones is 1. The minimum absolute atomic E-state index is 0.108. The van der Waals surface area contributed by atoms with Crippen LogP contribution in [-0.4, -0.2) is 59.2 Å². The Morgan fingerprint density at radius 1 is 1.05 bits per heavy atom. The van der Waals surface area contributed by atoms with E-state index in [1.54, 1.807) is 32.9 Å². The number of fused-ring (bicyclic) bond motifs is 1. The molecule has 0 aliphatic carbocycles. The molecule has 0 unspecified atom stereocenters. The Morgan fingerprint density at radius 2 is 1.86 bits per heavy atom. The van der Waals surface area contributed by atoms with Crippen molar-refractivity contribution in [1.82, 2.24) is 34.3 Å². The molecule has 9 heteroatoms. The number of hydrogen-bond acceptors (Lipinski definition) is 7. The molecule has 5 aromatic rings. The average molecular weight is 514 g/mol. The summed E-state index contributed by atoms with van der Waals surface area (Å²) in [4.78, 5) is 26.7. The third-order valence-corrected chi connectivity index (χ3v) is 7.68. The molecule has 37 heavy (non-hydrogen) atoms. The molecule has 0 fully saturated rings. The fraction of sp³-hybridized carbons (Fsp3) is 0.321. The van der Waals surface area contributed by atoms with Gasteiger partial charge in [0, 0.05) is 43.0 Å². The highest BCUT2D eigenvalue weighted by atomic mass is 32.1. The van der Waals surface area contributed by atoms with Crippen molar-refractivity contribution >= 4 is 22.8 Å². The van der Waals surface area contributed by atoms with Crippen LogP contribution in [0.1, 0.15) is 44.0 Å². The molecule has 0 saturated carbocycles. The lowest BCUT2D eigenvalue weighted by molar-refractivity contribution is 0.0964. The fourth-order valence-electron chi connectivity index (χ4n) is 4.66. The van der Waals surface area contributed by atoms with Crippen molar-refractivity contribution in [2.75, 3.05) is 13.1 Å². The van der Waals surface area contributed by atoms with Crippen LogP contribution >= 0.6 is 11.3 Å². The van der Waals surface area contributed by atoms with E-state index in [-0.39, 0.29) is 5.78 Å². The molecule has 0 aromatic carbocycles. The van der Waals surface area contributed by atoms with Crippen molar-refractivity contribution in [3.05, 3.63) is 66.1 Å². The van der Waals surface area contributed by atoms with Gasteiger partial charge in [-0.3, -0.25) is 9.48 Å². The Balaban J connectivity index is 1.54. The summed E-state index contributed by atoms with van der Waals surface area (Å²) < 4.78 is 3.49. The first-order chi connectivity index (χ1) is 18.0. The molecule has 0 amide bonds. The average Bonchev–Trinajstić information content (AvgIpc) is 3.68. The molecule has 0 N–H and O–H groups in total. The number of aromatic nitrogens is 6. The molecule has 190 valence electrons. The lowest BCUT2D eigenvalue weighted by Crippen LogP contribution is -2.33. The van der Waals surface area contributed by atoms with Crippen LogP contribution < -0.4 is 0 Å². The van der Waals surface area contributed by atoms with Crippen molar-refractivity contribution in [1.29, 1.82) is 0 Å². The number of nitrogens with zero attached hydrogens (tertiary/aromatic N) is 7. The van der Waals surface area contributed by atoms with Crippen LogP contribution in [0.15, 0.2) is 60.5 Å². The summed E-state index contributed by atoms with van der Waals surface area (Å²) in [5.74, 6) is 0.108.